The Bertz CT molecular complexity index is 1110. The molecule has 0 aliphatic carbocycles. The van der Waals surface area contributed by atoms with E-state index in [1.165, 1.54) is 18.2 Å². The van der Waals surface area contributed by atoms with Gasteiger partial charge in [-0.25, -0.2) is 13.2 Å². The molecule has 0 bridgehead atoms. The molecule has 0 spiro atoms. The number of H-pyrrole nitrogens is 1. The van der Waals surface area contributed by atoms with Gasteiger partial charge in [0.1, 0.15) is 34.3 Å². The highest BCUT2D eigenvalue weighted by Gasteiger charge is 2.20. The van der Waals surface area contributed by atoms with Crippen LogP contribution in [0.2, 0.25) is 0 Å². The van der Waals surface area contributed by atoms with Crippen LogP contribution >= 0.6 is 28.3 Å². The number of hydrogen-bond donors (Lipinski definition) is 2. The monoisotopic (exact) mass is 488 g/mol. The zero-order valence-electron chi connectivity index (χ0n) is 15.2. The third-order valence-electron chi connectivity index (χ3n) is 4.23. The number of ether oxygens (including phenoxy) is 1. The number of nitrogens with one attached hydrogen (secondary N) is 1. The summed E-state index contributed by atoms with van der Waals surface area (Å²) in [5, 5.41) is 0. The van der Waals surface area contributed by atoms with Gasteiger partial charge < -0.3 is 15.5 Å². The molecule has 0 saturated carbocycles. The second-order valence-electron chi connectivity index (χ2n) is 6.14. The zero-order chi connectivity index (χ0) is 20.4. The van der Waals surface area contributed by atoms with Crippen LogP contribution in [0.5, 0.6) is 5.75 Å². The van der Waals surface area contributed by atoms with E-state index < -0.39 is 23.0 Å². The molecule has 0 fully saturated rings. The van der Waals surface area contributed by atoms with Gasteiger partial charge >= 0.3 is 0 Å². The Hall–Kier alpha value is -2.29. The van der Waals surface area contributed by atoms with E-state index >= 15 is 0 Å². The predicted molar refractivity (Wildman–Crippen MR) is 111 cm³/mol. The molecular weight excluding hydrogens is 473 g/mol. The first-order valence-electron chi connectivity index (χ1n) is 8.29. The molecule has 0 saturated heterocycles. The van der Waals surface area contributed by atoms with E-state index in [9.17, 15) is 18.0 Å². The third kappa shape index (κ3) is 4.83. The Balaban J connectivity index is 0.00000300. The second-order valence-corrected chi connectivity index (χ2v) is 6.93. The fourth-order valence-corrected chi connectivity index (χ4v) is 3.22. The summed E-state index contributed by atoms with van der Waals surface area (Å²) in [5.74, 6) is -1.97. The van der Waals surface area contributed by atoms with Gasteiger partial charge in [0.2, 0.25) is 0 Å². The lowest BCUT2D eigenvalue weighted by Crippen LogP contribution is -2.13. The highest BCUT2D eigenvalue weighted by molar-refractivity contribution is 9.10. The molecule has 0 amide bonds. The van der Waals surface area contributed by atoms with Crippen molar-refractivity contribution in [3.05, 3.63) is 85.5 Å². The molecule has 1 aromatic heterocycles. The van der Waals surface area contributed by atoms with Crippen LogP contribution in [0.1, 0.15) is 16.8 Å². The summed E-state index contributed by atoms with van der Waals surface area (Å²) in [4.78, 5) is 14.8. The smallest absolute Gasteiger partial charge is 0.266 e. The van der Waals surface area contributed by atoms with E-state index in [0.717, 1.165) is 12.1 Å². The molecule has 0 aliphatic rings. The summed E-state index contributed by atoms with van der Waals surface area (Å²) in [7, 11) is 0. The van der Waals surface area contributed by atoms with Crippen LogP contribution in [0, 0.1) is 24.4 Å². The second kappa shape index (κ2) is 9.47. The fourth-order valence-electron chi connectivity index (χ4n) is 2.81. The largest absolute Gasteiger partial charge is 0.487 e. The molecule has 0 aliphatic heterocycles. The van der Waals surface area contributed by atoms with Gasteiger partial charge in [0.05, 0.1) is 0 Å². The number of nitrogens with two attached hydrogens (primary N) is 1. The van der Waals surface area contributed by atoms with Gasteiger partial charge in [-0.05, 0) is 46.6 Å². The minimum absolute atomic E-state index is 0. The maximum absolute atomic E-state index is 14.7. The molecule has 9 heteroatoms. The Morgan fingerprint density at radius 3 is 2.45 bits per heavy atom. The summed E-state index contributed by atoms with van der Waals surface area (Å²) in [6.45, 7) is 1.51. The van der Waals surface area contributed by atoms with Crippen LogP contribution in [0.25, 0.3) is 11.1 Å². The summed E-state index contributed by atoms with van der Waals surface area (Å²) >= 11 is 3.15. The number of aromatic amines is 1. The molecule has 154 valence electrons. The molecule has 0 atom stereocenters. The number of pyridine rings is 1. The molecule has 3 aromatic rings. The third-order valence-corrected chi connectivity index (χ3v) is 4.95. The standard InChI is InChI=1S/C20H16BrF3N2O2.ClH/c1-10-17(14-5-2-11(8-25)6-16(14)24)19(18(21)20(27)26-10)28-9-12-3-4-13(22)7-15(12)23;/h2-7H,8-9,25H2,1H3,(H,26,27);1H. The van der Waals surface area contributed by atoms with Gasteiger partial charge in [-0.15, -0.1) is 12.4 Å². The SMILES string of the molecule is Cc1[nH]c(=O)c(Br)c(OCc2ccc(F)cc2F)c1-c1ccc(CN)cc1F.Cl. The van der Waals surface area contributed by atoms with E-state index in [4.69, 9.17) is 10.5 Å². The lowest BCUT2D eigenvalue weighted by atomic mass is 10.0. The average molecular weight is 490 g/mol. The summed E-state index contributed by atoms with van der Waals surface area (Å²) in [5.41, 5.74) is 6.65. The van der Waals surface area contributed by atoms with Gasteiger partial charge in [-0.2, -0.15) is 0 Å². The van der Waals surface area contributed by atoms with Crippen molar-refractivity contribution >= 4 is 28.3 Å². The minimum Gasteiger partial charge on any atom is -0.487 e. The predicted octanol–water partition coefficient (Wildman–Crippen LogP) is 4.99. The van der Waals surface area contributed by atoms with Crippen molar-refractivity contribution in [1.29, 1.82) is 0 Å². The molecular formula is C20H17BrClF3N2O2. The summed E-state index contributed by atoms with van der Waals surface area (Å²) in [6.07, 6.45) is 0. The topological polar surface area (TPSA) is 68.1 Å². The first-order valence-corrected chi connectivity index (χ1v) is 9.09. The molecule has 3 N–H and O–H groups in total. The normalized spacial score (nSPS) is 10.6. The molecule has 4 nitrogen and oxygen atoms in total. The number of aromatic nitrogens is 1. The maximum atomic E-state index is 14.7. The number of rotatable bonds is 5. The lowest BCUT2D eigenvalue weighted by molar-refractivity contribution is 0.297. The van der Waals surface area contributed by atoms with E-state index in [0.29, 0.717) is 16.8 Å². The van der Waals surface area contributed by atoms with Gasteiger partial charge in [-0.1, -0.05) is 12.1 Å². The molecule has 0 radical (unpaired) electrons. The Labute approximate surface area is 179 Å². The van der Waals surface area contributed by atoms with Crippen molar-refractivity contribution in [3.8, 4) is 16.9 Å². The molecule has 0 unspecified atom stereocenters. The van der Waals surface area contributed by atoms with Crippen LogP contribution in [-0.4, -0.2) is 4.98 Å². The van der Waals surface area contributed by atoms with Crippen LogP contribution in [0.4, 0.5) is 13.2 Å². The van der Waals surface area contributed by atoms with Crippen LogP contribution in [0.15, 0.2) is 45.7 Å². The molecule has 3 rings (SSSR count). The van der Waals surface area contributed by atoms with Crippen molar-refractivity contribution in [2.45, 2.75) is 20.1 Å². The zero-order valence-corrected chi connectivity index (χ0v) is 17.6. The van der Waals surface area contributed by atoms with Gasteiger partial charge in [0.25, 0.3) is 5.56 Å². The van der Waals surface area contributed by atoms with Crippen LogP contribution in [0.3, 0.4) is 0 Å². The summed E-state index contributed by atoms with van der Waals surface area (Å²) < 4.78 is 47.4. The summed E-state index contributed by atoms with van der Waals surface area (Å²) in [6, 6.07) is 7.59. The Morgan fingerprint density at radius 2 is 1.83 bits per heavy atom. The fraction of sp³-hybridized carbons (Fsp3) is 0.150. The van der Waals surface area contributed by atoms with Crippen molar-refractivity contribution < 1.29 is 17.9 Å². The first-order chi connectivity index (χ1) is 13.3. The Morgan fingerprint density at radius 1 is 1.10 bits per heavy atom. The van der Waals surface area contributed by atoms with Crippen molar-refractivity contribution in [1.82, 2.24) is 4.98 Å². The Kier molecular flexibility index (Phi) is 7.51. The first kappa shape index (κ1) is 23.0. The number of halogens is 5. The minimum atomic E-state index is -0.780. The van der Waals surface area contributed by atoms with Gasteiger partial charge in [-0.3, -0.25) is 4.79 Å². The quantitative estimate of drug-likeness (QED) is 0.531. The highest BCUT2D eigenvalue weighted by Crippen LogP contribution is 2.38. The molecule has 29 heavy (non-hydrogen) atoms. The van der Waals surface area contributed by atoms with E-state index in [2.05, 4.69) is 20.9 Å². The molecule has 2 aromatic carbocycles. The maximum Gasteiger partial charge on any atom is 0.266 e. The lowest BCUT2D eigenvalue weighted by Gasteiger charge is -2.17. The van der Waals surface area contributed by atoms with E-state index in [1.807, 2.05) is 0 Å². The number of hydrogen-bond acceptors (Lipinski definition) is 3. The highest BCUT2D eigenvalue weighted by atomic mass is 79.9. The van der Waals surface area contributed by atoms with E-state index in [1.54, 1.807) is 13.0 Å². The van der Waals surface area contributed by atoms with Crippen molar-refractivity contribution in [3.63, 3.8) is 0 Å². The van der Waals surface area contributed by atoms with Crippen LogP contribution < -0.4 is 16.0 Å². The van der Waals surface area contributed by atoms with E-state index in [-0.39, 0.29) is 46.9 Å². The van der Waals surface area contributed by atoms with Gasteiger partial charge in [0, 0.05) is 35.0 Å². The van der Waals surface area contributed by atoms with Crippen molar-refractivity contribution in [2.75, 3.05) is 0 Å². The van der Waals surface area contributed by atoms with Crippen molar-refractivity contribution in [2.24, 2.45) is 5.73 Å². The molecule has 1 heterocycles. The van der Waals surface area contributed by atoms with Gasteiger partial charge in [0.15, 0.2) is 0 Å². The van der Waals surface area contributed by atoms with Crippen LogP contribution in [-0.2, 0) is 13.2 Å². The number of aryl methyl sites for hydroxylation is 1. The average Bonchev–Trinajstić information content (AvgIpc) is 2.65. The number of benzene rings is 2.